The summed E-state index contributed by atoms with van der Waals surface area (Å²) in [7, 11) is 1.80. The summed E-state index contributed by atoms with van der Waals surface area (Å²) < 4.78 is 21.6. The second-order valence-electron chi connectivity index (χ2n) is 11.4. The zero-order chi connectivity index (χ0) is 30.2. The third kappa shape index (κ3) is 5.53. The Morgan fingerprint density at radius 1 is 1.14 bits per heavy atom. The first-order valence-electron chi connectivity index (χ1n) is 15.0. The summed E-state index contributed by atoms with van der Waals surface area (Å²) >= 11 is 1.70. The molecule has 3 aromatic heterocycles. The molecule has 2 aliphatic rings. The zero-order valence-electron chi connectivity index (χ0n) is 24.8. The molecule has 1 aliphatic heterocycles. The van der Waals surface area contributed by atoms with Gasteiger partial charge in [-0.15, -0.1) is 11.3 Å². The molecule has 44 heavy (non-hydrogen) atoms. The van der Waals surface area contributed by atoms with Crippen molar-refractivity contribution in [3.8, 4) is 16.2 Å². The van der Waals surface area contributed by atoms with Crippen LogP contribution in [0.25, 0.3) is 20.7 Å². The van der Waals surface area contributed by atoms with Crippen LogP contribution in [0.15, 0.2) is 55.0 Å². The summed E-state index contributed by atoms with van der Waals surface area (Å²) in [6, 6.07) is 12.7. The molecule has 9 nitrogen and oxygen atoms in total. The fourth-order valence-corrected chi connectivity index (χ4v) is 7.45. The summed E-state index contributed by atoms with van der Waals surface area (Å²) in [5.41, 5.74) is 6.24. The molecule has 0 saturated carbocycles. The molecule has 1 aliphatic carbocycles. The van der Waals surface area contributed by atoms with Gasteiger partial charge in [-0.2, -0.15) is 5.10 Å². The van der Waals surface area contributed by atoms with Crippen molar-refractivity contribution in [1.82, 2.24) is 30.0 Å². The molecular weight excluding hydrogens is 577 g/mol. The van der Waals surface area contributed by atoms with Crippen LogP contribution in [0.5, 0.6) is 5.75 Å². The smallest absolute Gasteiger partial charge is 0.236 e. The molecule has 0 unspecified atom stereocenters. The second kappa shape index (κ2) is 12.0. The molecule has 1 amide bonds. The van der Waals surface area contributed by atoms with Crippen LogP contribution in [-0.2, 0) is 24.2 Å². The average molecular weight is 612 g/mol. The fraction of sp³-hybridized carbons (Fsp3) is 0.333. The van der Waals surface area contributed by atoms with Crippen LogP contribution >= 0.6 is 11.3 Å². The summed E-state index contributed by atoms with van der Waals surface area (Å²) in [4.78, 5) is 25.7. The molecular formula is C33H34FN7O2S. The fourth-order valence-electron chi connectivity index (χ4n) is 6.23. The highest BCUT2D eigenvalue weighted by atomic mass is 32.1. The Kier molecular flexibility index (Phi) is 7.73. The number of carbonyl (C=O) groups excluding carboxylic acids is 1. The van der Waals surface area contributed by atoms with Gasteiger partial charge in [0.25, 0.3) is 0 Å². The first-order valence-corrected chi connectivity index (χ1v) is 15.8. The van der Waals surface area contributed by atoms with Crippen LogP contribution in [0.1, 0.15) is 41.3 Å². The minimum Gasteiger partial charge on any atom is -0.489 e. The number of anilines is 2. The lowest BCUT2D eigenvalue weighted by molar-refractivity contribution is -0.131. The van der Waals surface area contributed by atoms with Crippen LogP contribution in [0.2, 0.25) is 0 Å². The summed E-state index contributed by atoms with van der Waals surface area (Å²) in [6.07, 6.45) is 7.37. The number of nitrogens with zero attached hydrogens (tertiary/aromatic N) is 5. The highest BCUT2D eigenvalue weighted by Gasteiger charge is 2.29. The van der Waals surface area contributed by atoms with Crippen molar-refractivity contribution in [3.05, 3.63) is 83.2 Å². The molecule has 5 aromatic rings. The van der Waals surface area contributed by atoms with E-state index in [4.69, 9.17) is 9.84 Å². The van der Waals surface area contributed by atoms with E-state index in [2.05, 4.69) is 31.5 Å². The number of nitrogens with one attached hydrogen (secondary N) is 2. The lowest BCUT2D eigenvalue weighted by Gasteiger charge is -2.32. The maximum absolute atomic E-state index is 13.5. The highest BCUT2D eigenvalue weighted by molar-refractivity contribution is 7.22. The standard InChI is InChI=1S/C33H34FN7O2S/c1-20-14-23(6-9-28(20)43-18-21-4-3-5-22(34)15-21)38-32-30-25-7-8-27-26(31(25)44-33(30)37-19-36-32)17-41(39-27)24-10-12-40(13-11-24)29(42)16-35-2/h3-6,9,14-15,17,19,24,35H,7-8,10-13,16,18H2,1-2H3,(H,36,37,38). The molecule has 0 radical (unpaired) electrons. The van der Waals surface area contributed by atoms with E-state index >= 15 is 0 Å². The third-order valence-electron chi connectivity index (χ3n) is 8.49. The van der Waals surface area contributed by atoms with E-state index in [1.165, 1.54) is 28.1 Å². The Labute approximate surface area is 259 Å². The van der Waals surface area contributed by atoms with Crippen LogP contribution in [0, 0.1) is 12.7 Å². The number of rotatable bonds is 8. The Morgan fingerprint density at radius 2 is 2.00 bits per heavy atom. The van der Waals surface area contributed by atoms with Gasteiger partial charge in [-0.05, 0) is 86.7 Å². The van der Waals surface area contributed by atoms with Crippen molar-refractivity contribution in [2.45, 2.75) is 45.3 Å². The van der Waals surface area contributed by atoms with E-state index in [9.17, 15) is 9.18 Å². The summed E-state index contributed by atoms with van der Waals surface area (Å²) in [6.45, 7) is 4.19. The predicted molar refractivity (Wildman–Crippen MR) is 170 cm³/mol. The number of thiophene rings is 1. The number of halogens is 1. The normalized spacial score (nSPS) is 14.8. The first kappa shape index (κ1) is 28.4. The predicted octanol–water partition coefficient (Wildman–Crippen LogP) is 5.81. The molecule has 7 rings (SSSR count). The number of aromatic nitrogens is 4. The minimum absolute atomic E-state index is 0.159. The number of piperidine rings is 1. The SMILES string of the molecule is CNCC(=O)N1CCC(n2cc3c(n2)CCc2c-3sc3ncnc(Nc4ccc(OCc5cccc(F)c5)c(C)c4)c23)CC1. The van der Waals surface area contributed by atoms with Gasteiger partial charge in [0.2, 0.25) is 5.91 Å². The number of hydrogen-bond donors (Lipinski definition) is 2. The van der Waals surface area contributed by atoms with Crippen molar-refractivity contribution in [1.29, 1.82) is 0 Å². The maximum atomic E-state index is 13.5. The maximum Gasteiger partial charge on any atom is 0.236 e. The molecule has 2 aromatic carbocycles. The van der Waals surface area contributed by atoms with E-state index in [1.807, 2.05) is 36.1 Å². The number of likely N-dealkylation sites (N-methyl/N-ethyl adjacent to an activating group) is 1. The quantitative estimate of drug-likeness (QED) is 0.229. The van der Waals surface area contributed by atoms with E-state index in [0.717, 1.165) is 83.1 Å². The number of ether oxygens (including phenoxy) is 1. The number of likely N-dealkylation sites (tertiary alicyclic amines) is 1. The number of aryl methyl sites for hydroxylation is 3. The average Bonchev–Trinajstić information content (AvgIpc) is 3.63. The minimum atomic E-state index is -0.269. The Balaban J connectivity index is 1.10. The van der Waals surface area contributed by atoms with E-state index in [1.54, 1.807) is 30.8 Å². The topological polar surface area (TPSA) is 97.2 Å². The first-order chi connectivity index (χ1) is 21.5. The van der Waals surface area contributed by atoms with Gasteiger partial charge < -0.3 is 20.3 Å². The van der Waals surface area contributed by atoms with Gasteiger partial charge in [0.1, 0.15) is 35.1 Å². The largest absolute Gasteiger partial charge is 0.489 e. The monoisotopic (exact) mass is 611 g/mol. The van der Waals surface area contributed by atoms with Gasteiger partial charge in [0, 0.05) is 35.4 Å². The van der Waals surface area contributed by atoms with Crippen molar-refractivity contribution in [3.63, 3.8) is 0 Å². The number of carbonyl (C=O) groups is 1. The van der Waals surface area contributed by atoms with Gasteiger partial charge in [0.05, 0.1) is 23.7 Å². The van der Waals surface area contributed by atoms with E-state index in [-0.39, 0.29) is 17.8 Å². The van der Waals surface area contributed by atoms with Gasteiger partial charge >= 0.3 is 0 Å². The summed E-state index contributed by atoms with van der Waals surface area (Å²) in [5, 5.41) is 12.6. The Bertz CT molecular complexity index is 1840. The zero-order valence-corrected chi connectivity index (χ0v) is 25.6. The van der Waals surface area contributed by atoms with Gasteiger partial charge in [-0.3, -0.25) is 9.48 Å². The lowest BCUT2D eigenvalue weighted by Crippen LogP contribution is -2.42. The molecule has 1 saturated heterocycles. The van der Waals surface area contributed by atoms with Crippen molar-refractivity contribution in [2.75, 3.05) is 32.0 Å². The van der Waals surface area contributed by atoms with Crippen molar-refractivity contribution in [2.24, 2.45) is 0 Å². The van der Waals surface area contributed by atoms with Gasteiger partial charge in [0.15, 0.2) is 0 Å². The summed E-state index contributed by atoms with van der Waals surface area (Å²) in [5.74, 6) is 1.43. The Hall–Kier alpha value is -4.35. The van der Waals surface area contributed by atoms with Crippen LogP contribution in [0.3, 0.4) is 0 Å². The van der Waals surface area contributed by atoms with E-state index < -0.39 is 0 Å². The van der Waals surface area contributed by atoms with Crippen molar-refractivity contribution >= 4 is 39.0 Å². The molecule has 2 N–H and O–H groups in total. The van der Waals surface area contributed by atoms with E-state index in [0.29, 0.717) is 13.2 Å². The third-order valence-corrected chi connectivity index (χ3v) is 9.67. The molecule has 0 spiro atoms. The number of benzene rings is 2. The lowest BCUT2D eigenvalue weighted by atomic mass is 9.95. The molecule has 11 heteroatoms. The van der Waals surface area contributed by atoms with Crippen LogP contribution in [-0.4, -0.2) is 57.2 Å². The molecule has 4 heterocycles. The number of amides is 1. The van der Waals surface area contributed by atoms with Crippen LogP contribution in [0.4, 0.5) is 15.9 Å². The van der Waals surface area contributed by atoms with Crippen LogP contribution < -0.4 is 15.4 Å². The molecule has 0 bridgehead atoms. The van der Waals surface area contributed by atoms with Gasteiger partial charge in [-0.1, -0.05) is 12.1 Å². The molecule has 0 atom stereocenters. The second-order valence-corrected chi connectivity index (χ2v) is 12.4. The van der Waals surface area contributed by atoms with Gasteiger partial charge in [-0.25, -0.2) is 14.4 Å². The number of fused-ring (bicyclic) bond motifs is 5. The van der Waals surface area contributed by atoms with Crippen molar-refractivity contribution < 1.29 is 13.9 Å². The highest BCUT2D eigenvalue weighted by Crippen LogP contribution is 2.45. The Morgan fingerprint density at radius 3 is 2.80 bits per heavy atom. The molecule has 1 fully saturated rings. The molecule has 226 valence electrons. The number of hydrogen-bond acceptors (Lipinski definition) is 8.